The molecular weight excluding hydrogens is 657 g/mol. The van der Waals surface area contributed by atoms with E-state index in [-0.39, 0.29) is 29.8 Å². The van der Waals surface area contributed by atoms with E-state index >= 15 is 0 Å². The molecule has 1 fully saturated rings. The van der Waals surface area contributed by atoms with Crippen LogP contribution >= 0.6 is 0 Å². The van der Waals surface area contributed by atoms with Crippen LogP contribution in [0, 0.1) is 5.82 Å². The molecule has 5 aromatic rings. The maximum atomic E-state index is 14.4. The summed E-state index contributed by atoms with van der Waals surface area (Å²) in [6.07, 6.45) is 3.20. The highest BCUT2D eigenvalue weighted by molar-refractivity contribution is 6.39. The molecule has 0 spiro atoms. The lowest BCUT2D eigenvalue weighted by Crippen LogP contribution is -2.54. The van der Waals surface area contributed by atoms with E-state index in [0.717, 1.165) is 53.2 Å². The maximum absolute atomic E-state index is 14.4. The minimum Gasteiger partial charge on any atom is -0.497 e. The van der Waals surface area contributed by atoms with E-state index in [1.165, 1.54) is 36.4 Å². The molecule has 5 aromatic carbocycles. The fourth-order valence-electron chi connectivity index (χ4n) is 7.64. The predicted octanol–water partition coefficient (Wildman–Crippen LogP) is 7.96. The van der Waals surface area contributed by atoms with Crippen LogP contribution in [0.15, 0.2) is 121 Å². The topological polar surface area (TPSA) is 88.2 Å². The van der Waals surface area contributed by atoms with Crippen molar-refractivity contribution in [3.63, 3.8) is 0 Å². The molecule has 1 saturated heterocycles. The number of ether oxygens (including phenoxy) is 2. The minimum atomic E-state index is -0.808. The molecule has 9 heteroatoms. The molecule has 52 heavy (non-hydrogen) atoms. The molecule has 3 aliphatic heterocycles. The summed E-state index contributed by atoms with van der Waals surface area (Å²) < 4.78 is 25.0. The van der Waals surface area contributed by atoms with E-state index < -0.39 is 17.8 Å². The first-order valence-electron chi connectivity index (χ1n) is 17.4. The molecule has 8 nitrogen and oxygen atoms in total. The molecule has 2 atom stereocenters. The lowest BCUT2D eigenvalue weighted by atomic mass is 9.76. The number of methoxy groups -OCH3 is 1. The fraction of sp³-hybridized carbons (Fsp3) is 0.186. The molecule has 4 amide bonds. The van der Waals surface area contributed by atoms with Crippen LogP contribution < -0.4 is 24.6 Å². The predicted molar refractivity (Wildman–Crippen MR) is 197 cm³/mol. The number of halogens is 1. The number of carbonyl (C=O) groups excluding carboxylic acids is 3. The number of imide groups is 2. The van der Waals surface area contributed by atoms with Crippen LogP contribution in [0.25, 0.3) is 6.08 Å². The van der Waals surface area contributed by atoms with Crippen LogP contribution in [-0.4, -0.2) is 38.0 Å². The molecule has 0 radical (unpaired) electrons. The molecule has 3 heterocycles. The van der Waals surface area contributed by atoms with Crippen LogP contribution in [0.2, 0.25) is 0 Å². The molecule has 0 aliphatic carbocycles. The fourth-order valence-corrected chi connectivity index (χ4v) is 7.64. The summed E-state index contributed by atoms with van der Waals surface area (Å²) in [5.41, 5.74) is 6.94. The van der Waals surface area contributed by atoms with E-state index in [0.29, 0.717) is 22.7 Å². The van der Waals surface area contributed by atoms with Gasteiger partial charge in [-0.25, -0.2) is 14.1 Å². The third kappa shape index (κ3) is 6.19. The Bertz CT molecular complexity index is 2130. The lowest BCUT2D eigenvalue weighted by molar-refractivity contribution is -0.122. The number of benzene rings is 5. The van der Waals surface area contributed by atoms with Gasteiger partial charge in [0.1, 0.15) is 29.5 Å². The monoisotopic (exact) mass is 693 g/mol. The Labute approximate surface area is 301 Å². The molecule has 260 valence electrons. The van der Waals surface area contributed by atoms with Crippen LogP contribution in [0.3, 0.4) is 0 Å². The van der Waals surface area contributed by atoms with Crippen molar-refractivity contribution in [2.75, 3.05) is 30.0 Å². The Morgan fingerprint density at radius 2 is 1.40 bits per heavy atom. The SMILES string of the molecule is COc1ccc(/C=C2\C(=O)NC(=O)N(c3cc4c5c(c3)[C@@H](c3ccccc3)CCN5CC[C@@H]4c3ccccc3)C2=O)c(OCc2ccc(F)cc2)c1. The van der Waals surface area contributed by atoms with Crippen molar-refractivity contribution in [2.45, 2.75) is 31.3 Å². The van der Waals surface area contributed by atoms with Gasteiger partial charge in [-0.15, -0.1) is 0 Å². The number of carbonyl (C=O) groups is 3. The second-order valence-electron chi connectivity index (χ2n) is 13.2. The normalized spacial score (nSPS) is 19.0. The van der Waals surface area contributed by atoms with E-state index in [1.54, 1.807) is 30.3 Å². The summed E-state index contributed by atoms with van der Waals surface area (Å²) >= 11 is 0. The molecule has 0 bridgehead atoms. The van der Waals surface area contributed by atoms with Crippen LogP contribution in [-0.2, 0) is 16.2 Å². The Hall–Kier alpha value is -6.22. The van der Waals surface area contributed by atoms with Gasteiger partial charge in [0.2, 0.25) is 0 Å². The second kappa shape index (κ2) is 13.8. The molecule has 3 aliphatic rings. The zero-order valence-corrected chi connectivity index (χ0v) is 28.6. The van der Waals surface area contributed by atoms with Gasteiger partial charge in [-0.3, -0.25) is 14.9 Å². The van der Waals surface area contributed by atoms with Crippen molar-refractivity contribution in [1.82, 2.24) is 5.32 Å². The van der Waals surface area contributed by atoms with E-state index in [4.69, 9.17) is 9.47 Å². The van der Waals surface area contributed by atoms with E-state index in [9.17, 15) is 18.8 Å². The number of barbiturate groups is 1. The van der Waals surface area contributed by atoms with Gasteiger partial charge < -0.3 is 14.4 Å². The van der Waals surface area contributed by atoms with Crippen molar-refractivity contribution in [1.29, 1.82) is 0 Å². The van der Waals surface area contributed by atoms with Gasteiger partial charge in [-0.05, 0) is 83.1 Å². The van der Waals surface area contributed by atoms with Gasteiger partial charge in [0.25, 0.3) is 11.8 Å². The largest absolute Gasteiger partial charge is 0.497 e. The third-order valence-electron chi connectivity index (χ3n) is 10.2. The number of hydrogen-bond acceptors (Lipinski definition) is 6. The van der Waals surface area contributed by atoms with Crippen LogP contribution in [0.1, 0.15) is 58.1 Å². The Kier molecular flexibility index (Phi) is 8.76. The number of amides is 4. The number of nitrogens with zero attached hydrogens (tertiary/aromatic N) is 2. The van der Waals surface area contributed by atoms with Crippen LogP contribution in [0.5, 0.6) is 11.5 Å². The van der Waals surface area contributed by atoms with Gasteiger partial charge in [0, 0.05) is 42.2 Å². The van der Waals surface area contributed by atoms with Crippen molar-refractivity contribution < 1.29 is 28.2 Å². The maximum Gasteiger partial charge on any atom is 0.335 e. The molecule has 1 N–H and O–H groups in total. The van der Waals surface area contributed by atoms with Crippen molar-refractivity contribution in [3.8, 4) is 11.5 Å². The number of rotatable bonds is 8. The van der Waals surface area contributed by atoms with Gasteiger partial charge in [0.15, 0.2) is 0 Å². The van der Waals surface area contributed by atoms with Crippen molar-refractivity contribution >= 4 is 35.3 Å². The van der Waals surface area contributed by atoms with Gasteiger partial charge in [0.05, 0.1) is 12.8 Å². The standard InChI is InChI=1S/C43H36FN3O5/c1-51-33-17-14-30(39(25-33)52-26-27-12-15-31(44)16-13-27)22-38-41(48)45-43(50)47(42(38)49)32-23-36-34(28-8-4-2-5-9-28)18-20-46-21-19-35(37(24-32)40(36)46)29-10-6-3-7-11-29/h2-17,22-25,34-35H,18-21,26H2,1H3,(H,45,48,50)/b38-22+/t34-,35-/m1/s1. The van der Waals surface area contributed by atoms with Crippen molar-refractivity contribution in [3.05, 3.63) is 160 Å². The summed E-state index contributed by atoms with van der Waals surface area (Å²) in [5, 5.41) is 2.41. The number of nitrogens with one attached hydrogen (secondary N) is 1. The smallest absolute Gasteiger partial charge is 0.335 e. The zero-order chi connectivity index (χ0) is 35.8. The van der Waals surface area contributed by atoms with Gasteiger partial charge in [-0.1, -0.05) is 72.8 Å². The first-order valence-corrected chi connectivity index (χ1v) is 17.4. The quantitative estimate of drug-likeness (QED) is 0.131. The highest BCUT2D eigenvalue weighted by Gasteiger charge is 2.40. The van der Waals surface area contributed by atoms with E-state index in [2.05, 4.69) is 34.5 Å². The number of anilines is 2. The van der Waals surface area contributed by atoms with Crippen LogP contribution in [0.4, 0.5) is 20.6 Å². The zero-order valence-electron chi connectivity index (χ0n) is 28.6. The Morgan fingerprint density at radius 3 is 2.00 bits per heavy atom. The number of urea groups is 1. The Balaban J connectivity index is 1.21. The average molecular weight is 694 g/mol. The summed E-state index contributed by atoms with van der Waals surface area (Å²) in [4.78, 5) is 44.9. The minimum absolute atomic E-state index is 0.0559. The molecule has 0 aromatic heterocycles. The highest BCUT2D eigenvalue weighted by atomic mass is 19.1. The summed E-state index contributed by atoms with van der Waals surface area (Å²) in [5.74, 6) is -0.942. The van der Waals surface area contributed by atoms with Crippen molar-refractivity contribution in [2.24, 2.45) is 0 Å². The molecular formula is C43H36FN3O5. The first kappa shape index (κ1) is 33.0. The third-order valence-corrected chi connectivity index (χ3v) is 10.2. The Morgan fingerprint density at radius 1 is 0.788 bits per heavy atom. The molecule has 8 rings (SSSR count). The summed E-state index contributed by atoms with van der Waals surface area (Å²) in [7, 11) is 1.52. The summed E-state index contributed by atoms with van der Waals surface area (Å²) in [6, 6.07) is 34.7. The van der Waals surface area contributed by atoms with Gasteiger partial charge >= 0.3 is 6.03 Å². The average Bonchev–Trinajstić information content (AvgIpc) is 3.17. The highest BCUT2D eigenvalue weighted by Crippen LogP contribution is 2.50. The molecule has 0 unspecified atom stereocenters. The van der Waals surface area contributed by atoms with E-state index in [1.807, 2.05) is 48.5 Å². The summed E-state index contributed by atoms with van der Waals surface area (Å²) in [6.45, 7) is 1.91. The molecule has 0 saturated carbocycles. The van der Waals surface area contributed by atoms with Gasteiger partial charge in [-0.2, -0.15) is 0 Å². The second-order valence-corrected chi connectivity index (χ2v) is 13.2. The first-order chi connectivity index (χ1) is 25.4. The lowest BCUT2D eigenvalue weighted by Gasteiger charge is -2.44. The number of hydrogen-bond donors (Lipinski definition) is 1.